The number of nitrogen functional groups attached to an aromatic ring is 1. The highest BCUT2D eigenvalue weighted by atomic mass is 35.5. The van der Waals surface area contributed by atoms with Gasteiger partial charge in [-0.3, -0.25) is 0 Å². The molecule has 0 saturated carbocycles. The fraction of sp³-hybridized carbons (Fsp3) is 0.111. The molecule has 1 nitrogen and oxygen atoms in total. The number of hydrogen-bond donors (Lipinski definition) is 1. The molecule has 0 aliphatic carbocycles. The average molecular weight is 198 g/mol. The van der Waals surface area contributed by atoms with Crippen molar-refractivity contribution in [3.8, 4) is 0 Å². The molecule has 0 spiro atoms. The number of halogens is 1. The van der Waals surface area contributed by atoms with Gasteiger partial charge in [-0.05, 0) is 30.5 Å². The first-order chi connectivity index (χ1) is 5.66. The molecule has 0 radical (unpaired) electrons. The lowest BCUT2D eigenvalue weighted by Crippen LogP contribution is -1.83. The molecule has 3 heteroatoms. The van der Waals surface area contributed by atoms with E-state index in [1.807, 2.05) is 6.07 Å². The van der Waals surface area contributed by atoms with E-state index >= 15 is 0 Å². The van der Waals surface area contributed by atoms with Crippen LogP contribution in [-0.2, 0) is 0 Å². The lowest BCUT2D eigenvalue weighted by molar-refractivity contribution is 1.65. The molecule has 0 saturated heterocycles. The monoisotopic (exact) mass is 197 g/mol. The Kier molecular flexibility index (Phi) is 1.74. The van der Waals surface area contributed by atoms with Gasteiger partial charge in [-0.15, -0.1) is 11.3 Å². The molecule has 0 aliphatic heterocycles. The summed E-state index contributed by atoms with van der Waals surface area (Å²) < 4.78 is 1.14. The van der Waals surface area contributed by atoms with Crippen LogP contribution in [0.5, 0.6) is 0 Å². The van der Waals surface area contributed by atoms with Crippen LogP contribution in [0.15, 0.2) is 18.2 Å². The Bertz CT molecular complexity index is 433. The standard InChI is InChI=1S/C9H8ClNS/c1-5-2-6-3-7(10)4-8(11)9(6)12-5/h2-4H,11H2,1H3. The quantitative estimate of drug-likeness (QED) is 0.644. The molecular weight excluding hydrogens is 190 g/mol. The van der Waals surface area contributed by atoms with Crippen molar-refractivity contribution in [3.05, 3.63) is 28.1 Å². The molecular formula is C9H8ClNS. The van der Waals surface area contributed by atoms with Gasteiger partial charge in [0, 0.05) is 9.90 Å². The third-order valence-corrected chi connectivity index (χ3v) is 3.07. The van der Waals surface area contributed by atoms with Crippen LogP contribution >= 0.6 is 22.9 Å². The molecule has 2 N–H and O–H groups in total. The van der Waals surface area contributed by atoms with Crippen LogP contribution in [0.4, 0.5) is 5.69 Å². The van der Waals surface area contributed by atoms with Gasteiger partial charge in [-0.2, -0.15) is 0 Å². The number of nitrogens with two attached hydrogens (primary N) is 1. The van der Waals surface area contributed by atoms with Crippen LogP contribution in [-0.4, -0.2) is 0 Å². The van der Waals surface area contributed by atoms with Crippen LogP contribution in [0.2, 0.25) is 5.02 Å². The van der Waals surface area contributed by atoms with E-state index in [2.05, 4.69) is 13.0 Å². The van der Waals surface area contributed by atoms with E-state index in [1.165, 1.54) is 4.88 Å². The molecule has 0 aliphatic rings. The van der Waals surface area contributed by atoms with E-state index in [4.69, 9.17) is 17.3 Å². The van der Waals surface area contributed by atoms with E-state index < -0.39 is 0 Å². The summed E-state index contributed by atoms with van der Waals surface area (Å²) >= 11 is 7.56. The fourth-order valence-electron chi connectivity index (χ4n) is 1.27. The molecule has 0 fully saturated rings. The summed E-state index contributed by atoms with van der Waals surface area (Å²) in [5.41, 5.74) is 6.57. The lowest BCUT2D eigenvalue weighted by atomic mass is 10.2. The third kappa shape index (κ3) is 1.17. The molecule has 0 atom stereocenters. The number of aryl methyl sites for hydroxylation is 1. The summed E-state index contributed by atoms with van der Waals surface area (Å²) in [7, 11) is 0. The normalized spacial score (nSPS) is 10.8. The predicted octanol–water partition coefficient (Wildman–Crippen LogP) is 3.45. The summed E-state index contributed by atoms with van der Waals surface area (Å²) in [5.74, 6) is 0. The number of rotatable bonds is 0. The van der Waals surface area contributed by atoms with Gasteiger partial charge in [0.2, 0.25) is 0 Å². The predicted molar refractivity (Wildman–Crippen MR) is 56.0 cm³/mol. The Morgan fingerprint density at radius 1 is 1.33 bits per heavy atom. The highest BCUT2D eigenvalue weighted by molar-refractivity contribution is 7.19. The maximum absolute atomic E-state index is 5.86. The van der Waals surface area contributed by atoms with Gasteiger partial charge in [-0.1, -0.05) is 11.6 Å². The van der Waals surface area contributed by atoms with Gasteiger partial charge >= 0.3 is 0 Å². The first-order valence-corrected chi connectivity index (χ1v) is 4.81. The highest BCUT2D eigenvalue weighted by Gasteiger charge is 2.02. The first-order valence-electron chi connectivity index (χ1n) is 3.62. The molecule has 0 bridgehead atoms. The Morgan fingerprint density at radius 3 is 2.83 bits per heavy atom. The Labute approximate surface area is 79.8 Å². The zero-order valence-electron chi connectivity index (χ0n) is 6.60. The number of benzene rings is 1. The van der Waals surface area contributed by atoms with Gasteiger partial charge in [0.25, 0.3) is 0 Å². The van der Waals surface area contributed by atoms with Crippen molar-refractivity contribution in [2.45, 2.75) is 6.92 Å². The summed E-state index contributed by atoms with van der Waals surface area (Å²) in [5, 5.41) is 1.85. The molecule has 1 aromatic carbocycles. The van der Waals surface area contributed by atoms with Crippen molar-refractivity contribution >= 4 is 38.7 Å². The molecule has 62 valence electrons. The van der Waals surface area contributed by atoms with Crippen LogP contribution in [0.1, 0.15) is 4.88 Å². The van der Waals surface area contributed by atoms with Crippen LogP contribution in [0.3, 0.4) is 0 Å². The van der Waals surface area contributed by atoms with Gasteiger partial charge in [0.15, 0.2) is 0 Å². The average Bonchev–Trinajstić information content (AvgIpc) is 2.29. The summed E-state index contributed by atoms with van der Waals surface area (Å²) in [6.07, 6.45) is 0. The van der Waals surface area contributed by atoms with Crippen molar-refractivity contribution in [3.63, 3.8) is 0 Å². The van der Waals surface area contributed by atoms with Gasteiger partial charge < -0.3 is 5.73 Å². The van der Waals surface area contributed by atoms with E-state index in [1.54, 1.807) is 17.4 Å². The summed E-state index contributed by atoms with van der Waals surface area (Å²) in [4.78, 5) is 1.26. The highest BCUT2D eigenvalue weighted by Crippen LogP contribution is 2.32. The fourth-order valence-corrected chi connectivity index (χ4v) is 2.43. The SMILES string of the molecule is Cc1cc2cc(Cl)cc(N)c2s1. The molecule has 2 aromatic rings. The van der Waals surface area contributed by atoms with Crippen molar-refractivity contribution < 1.29 is 0 Å². The lowest BCUT2D eigenvalue weighted by Gasteiger charge is -1.95. The van der Waals surface area contributed by atoms with Crippen molar-refractivity contribution in [2.24, 2.45) is 0 Å². The zero-order chi connectivity index (χ0) is 8.72. The number of anilines is 1. The second-order valence-corrected chi connectivity index (χ2v) is 4.46. The summed E-state index contributed by atoms with van der Waals surface area (Å²) in [6.45, 7) is 2.07. The minimum atomic E-state index is 0.706. The van der Waals surface area contributed by atoms with Gasteiger partial charge in [-0.25, -0.2) is 0 Å². The molecule has 0 unspecified atom stereocenters. The van der Waals surface area contributed by atoms with Crippen molar-refractivity contribution in [2.75, 3.05) is 5.73 Å². The van der Waals surface area contributed by atoms with Crippen LogP contribution in [0, 0.1) is 6.92 Å². The second kappa shape index (κ2) is 2.64. The largest absolute Gasteiger partial charge is 0.398 e. The molecule has 1 aromatic heterocycles. The Hall–Kier alpha value is -0.730. The van der Waals surface area contributed by atoms with Crippen LogP contribution < -0.4 is 5.73 Å². The zero-order valence-corrected chi connectivity index (χ0v) is 8.17. The van der Waals surface area contributed by atoms with Crippen molar-refractivity contribution in [1.82, 2.24) is 0 Å². The maximum atomic E-state index is 5.86. The number of thiophene rings is 1. The van der Waals surface area contributed by atoms with Crippen LogP contribution in [0.25, 0.3) is 10.1 Å². The number of hydrogen-bond acceptors (Lipinski definition) is 2. The molecule has 0 amide bonds. The Morgan fingerprint density at radius 2 is 2.08 bits per heavy atom. The third-order valence-electron chi connectivity index (χ3n) is 1.73. The Balaban J connectivity index is 2.88. The van der Waals surface area contributed by atoms with E-state index in [0.29, 0.717) is 5.02 Å². The molecule has 2 rings (SSSR count). The van der Waals surface area contributed by atoms with Gasteiger partial charge in [0.1, 0.15) is 0 Å². The minimum Gasteiger partial charge on any atom is -0.398 e. The number of fused-ring (bicyclic) bond motifs is 1. The maximum Gasteiger partial charge on any atom is 0.0576 e. The molecule has 12 heavy (non-hydrogen) atoms. The van der Waals surface area contributed by atoms with Crippen molar-refractivity contribution in [1.29, 1.82) is 0 Å². The van der Waals surface area contributed by atoms with E-state index in [-0.39, 0.29) is 0 Å². The molecule has 1 heterocycles. The van der Waals surface area contributed by atoms with Gasteiger partial charge in [0.05, 0.1) is 10.4 Å². The topological polar surface area (TPSA) is 26.0 Å². The minimum absolute atomic E-state index is 0.706. The smallest absolute Gasteiger partial charge is 0.0576 e. The van der Waals surface area contributed by atoms with E-state index in [9.17, 15) is 0 Å². The first kappa shape index (κ1) is 7.90. The summed E-state index contributed by atoms with van der Waals surface area (Å²) in [6, 6.07) is 5.83. The second-order valence-electron chi connectivity index (χ2n) is 2.77. The van der Waals surface area contributed by atoms with E-state index in [0.717, 1.165) is 15.8 Å².